The Morgan fingerprint density at radius 1 is 1.29 bits per heavy atom. The van der Waals surface area contributed by atoms with Crippen LogP contribution in [0.5, 0.6) is 17.2 Å². The zero-order valence-electron chi connectivity index (χ0n) is 13.7. The molecule has 2 rings (SSSR count). The van der Waals surface area contributed by atoms with Gasteiger partial charge in [0.2, 0.25) is 17.6 Å². The lowest BCUT2D eigenvalue weighted by Gasteiger charge is -2.12. The maximum absolute atomic E-state index is 11.8. The van der Waals surface area contributed by atoms with Gasteiger partial charge in [0.1, 0.15) is 0 Å². The van der Waals surface area contributed by atoms with Gasteiger partial charge in [-0.3, -0.25) is 15.0 Å². The molecule has 1 aromatic carbocycles. The van der Waals surface area contributed by atoms with Gasteiger partial charge in [-0.05, 0) is 12.1 Å². The van der Waals surface area contributed by atoms with Gasteiger partial charge < -0.3 is 14.2 Å². The number of nitrogens with zero attached hydrogens (tertiary/aromatic N) is 1. The molecule has 24 heavy (non-hydrogen) atoms. The smallest absolute Gasteiger partial charge is 0.241 e. The van der Waals surface area contributed by atoms with E-state index in [-0.39, 0.29) is 30.7 Å². The van der Waals surface area contributed by atoms with Crippen molar-refractivity contribution in [1.82, 2.24) is 16.3 Å². The van der Waals surface area contributed by atoms with E-state index in [2.05, 4.69) is 21.4 Å². The zero-order chi connectivity index (χ0) is 17.5. The lowest BCUT2D eigenvalue weighted by Crippen LogP contribution is -2.34. The molecule has 0 aliphatic carbocycles. The van der Waals surface area contributed by atoms with Gasteiger partial charge in [-0.1, -0.05) is 0 Å². The molecule has 0 radical (unpaired) electrons. The van der Waals surface area contributed by atoms with Gasteiger partial charge in [0, 0.05) is 24.4 Å². The molecule has 130 valence electrons. The van der Waals surface area contributed by atoms with Gasteiger partial charge in [0.15, 0.2) is 11.5 Å². The fourth-order valence-corrected chi connectivity index (χ4v) is 2.26. The zero-order valence-corrected chi connectivity index (χ0v) is 13.7. The summed E-state index contributed by atoms with van der Waals surface area (Å²) in [6, 6.07) is 3.19. The van der Waals surface area contributed by atoms with Crippen LogP contribution in [0, 0.1) is 0 Å². The van der Waals surface area contributed by atoms with Gasteiger partial charge >= 0.3 is 0 Å². The number of hydrogen-bond acceptors (Lipinski definition) is 7. The van der Waals surface area contributed by atoms with Crippen molar-refractivity contribution in [2.24, 2.45) is 5.10 Å². The Hall–Kier alpha value is -2.81. The highest BCUT2D eigenvalue weighted by Gasteiger charge is 2.23. The monoisotopic (exact) mass is 336 g/mol. The van der Waals surface area contributed by atoms with Crippen LogP contribution in [0.2, 0.25) is 0 Å². The van der Waals surface area contributed by atoms with Crippen molar-refractivity contribution in [3.05, 3.63) is 17.7 Å². The van der Waals surface area contributed by atoms with Crippen molar-refractivity contribution >= 4 is 18.0 Å². The minimum Gasteiger partial charge on any atom is -0.493 e. The molecule has 9 heteroatoms. The van der Waals surface area contributed by atoms with Crippen LogP contribution in [0.25, 0.3) is 0 Å². The fourth-order valence-electron chi connectivity index (χ4n) is 2.26. The third-order valence-corrected chi connectivity index (χ3v) is 3.37. The van der Waals surface area contributed by atoms with Crippen LogP contribution in [0.1, 0.15) is 18.4 Å². The van der Waals surface area contributed by atoms with Crippen LogP contribution in [0.4, 0.5) is 0 Å². The third kappa shape index (κ3) is 4.35. The third-order valence-electron chi connectivity index (χ3n) is 3.37. The number of amides is 2. The molecular weight excluding hydrogens is 316 g/mol. The molecule has 1 fully saturated rings. The Kier molecular flexibility index (Phi) is 5.96. The number of rotatable bonds is 7. The normalized spacial score (nSPS) is 16.8. The molecule has 0 aromatic heterocycles. The fraction of sp³-hybridized carbons (Fsp3) is 0.400. The molecular formula is C15H20N4O5. The Morgan fingerprint density at radius 2 is 1.96 bits per heavy atom. The number of hydrogen-bond donors (Lipinski definition) is 3. The van der Waals surface area contributed by atoms with E-state index in [1.165, 1.54) is 27.5 Å². The predicted molar refractivity (Wildman–Crippen MR) is 86.1 cm³/mol. The second-order valence-corrected chi connectivity index (χ2v) is 5.05. The lowest BCUT2D eigenvalue weighted by molar-refractivity contribution is -0.121. The number of carbonyl (C=O) groups is 2. The summed E-state index contributed by atoms with van der Waals surface area (Å²) in [6.45, 7) is 0. The number of hydrazine groups is 1. The quantitative estimate of drug-likeness (QED) is 0.475. The van der Waals surface area contributed by atoms with Gasteiger partial charge in [0.25, 0.3) is 0 Å². The Morgan fingerprint density at radius 3 is 2.46 bits per heavy atom. The predicted octanol–water partition coefficient (Wildman–Crippen LogP) is -0.0543. The topological polar surface area (TPSA) is 110 Å². The summed E-state index contributed by atoms with van der Waals surface area (Å²) >= 11 is 0. The summed E-state index contributed by atoms with van der Waals surface area (Å²) in [6.07, 6.45) is 1.88. The SMILES string of the molecule is COc1cc(/C=N/NC(=O)CC2CC(=O)NN2)cc(OC)c1OC. The van der Waals surface area contributed by atoms with Crippen molar-refractivity contribution in [2.75, 3.05) is 21.3 Å². The van der Waals surface area contributed by atoms with Crippen molar-refractivity contribution in [3.8, 4) is 17.2 Å². The molecule has 1 heterocycles. The van der Waals surface area contributed by atoms with Crippen LogP contribution in [0.15, 0.2) is 17.2 Å². The maximum Gasteiger partial charge on any atom is 0.241 e. The van der Waals surface area contributed by atoms with E-state index in [4.69, 9.17) is 14.2 Å². The summed E-state index contributed by atoms with van der Waals surface area (Å²) in [5.41, 5.74) is 8.26. The summed E-state index contributed by atoms with van der Waals surface area (Å²) < 4.78 is 15.7. The number of hydrazone groups is 1. The number of methoxy groups -OCH3 is 3. The van der Waals surface area contributed by atoms with Crippen molar-refractivity contribution in [1.29, 1.82) is 0 Å². The second-order valence-electron chi connectivity index (χ2n) is 5.05. The number of benzene rings is 1. The maximum atomic E-state index is 11.8. The van der Waals surface area contributed by atoms with E-state index < -0.39 is 0 Å². The largest absolute Gasteiger partial charge is 0.493 e. The van der Waals surface area contributed by atoms with E-state index in [0.29, 0.717) is 22.8 Å². The summed E-state index contributed by atoms with van der Waals surface area (Å²) in [5, 5.41) is 3.90. The van der Waals surface area contributed by atoms with Crippen molar-refractivity contribution in [2.45, 2.75) is 18.9 Å². The first-order valence-electron chi connectivity index (χ1n) is 7.23. The second kappa shape index (κ2) is 8.16. The highest BCUT2D eigenvalue weighted by atomic mass is 16.5. The molecule has 0 saturated carbocycles. The highest BCUT2D eigenvalue weighted by Crippen LogP contribution is 2.37. The van der Waals surface area contributed by atoms with Gasteiger partial charge in [-0.15, -0.1) is 0 Å². The first-order valence-corrected chi connectivity index (χ1v) is 7.23. The minimum absolute atomic E-state index is 0.131. The summed E-state index contributed by atoms with van der Waals surface area (Å²) in [7, 11) is 4.55. The van der Waals surface area contributed by atoms with Gasteiger partial charge in [-0.25, -0.2) is 10.9 Å². The molecule has 1 atom stereocenters. The molecule has 0 spiro atoms. The van der Waals surface area contributed by atoms with Crippen LogP contribution in [0.3, 0.4) is 0 Å². The first kappa shape index (κ1) is 17.5. The molecule has 1 aliphatic heterocycles. The molecule has 0 bridgehead atoms. The molecule has 2 amide bonds. The molecule has 1 unspecified atom stereocenters. The minimum atomic E-state index is -0.298. The van der Waals surface area contributed by atoms with Crippen LogP contribution in [-0.2, 0) is 9.59 Å². The average molecular weight is 336 g/mol. The first-order chi connectivity index (χ1) is 11.6. The van der Waals surface area contributed by atoms with E-state index >= 15 is 0 Å². The summed E-state index contributed by atoms with van der Waals surface area (Å²) in [5.74, 6) is 1.03. The van der Waals surface area contributed by atoms with E-state index in [1.54, 1.807) is 12.1 Å². The molecule has 1 aromatic rings. The van der Waals surface area contributed by atoms with E-state index in [1.807, 2.05) is 0 Å². The standard InChI is InChI=1S/C15H20N4O5/c1-22-11-4-9(5-12(23-2)15(11)24-3)8-16-18-13(20)6-10-7-14(21)19-17-10/h4-5,8,10,17H,6-7H2,1-3H3,(H,18,20)(H,19,21)/b16-8+. The molecule has 1 saturated heterocycles. The Labute approximate surface area is 139 Å². The number of nitrogens with one attached hydrogen (secondary N) is 3. The van der Waals surface area contributed by atoms with Crippen molar-refractivity contribution < 1.29 is 23.8 Å². The summed E-state index contributed by atoms with van der Waals surface area (Å²) in [4.78, 5) is 22.8. The Bertz CT molecular complexity index is 622. The average Bonchev–Trinajstić information content (AvgIpc) is 2.98. The van der Waals surface area contributed by atoms with Gasteiger partial charge in [0.05, 0.1) is 27.5 Å². The van der Waals surface area contributed by atoms with E-state index in [0.717, 1.165) is 0 Å². The Balaban J connectivity index is 1.98. The number of carbonyl (C=O) groups excluding carboxylic acids is 2. The van der Waals surface area contributed by atoms with E-state index in [9.17, 15) is 9.59 Å². The lowest BCUT2D eigenvalue weighted by atomic mass is 10.1. The van der Waals surface area contributed by atoms with Crippen LogP contribution < -0.4 is 30.5 Å². The van der Waals surface area contributed by atoms with Crippen LogP contribution in [-0.4, -0.2) is 45.4 Å². The molecule has 3 N–H and O–H groups in total. The van der Waals surface area contributed by atoms with Crippen molar-refractivity contribution in [3.63, 3.8) is 0 Å². The number of ether oxygens (including phenoxy) is 3. The van der Waals surface area contributed by atoms with Gasteiger partial charge in [-0.2, -0.15) is 5.10 Å². The molecule has 1 aliphatic rings. The highest BCUT2D eigenvalue weighted by molar-refractivity contribution is 5.85. The molecule has 9 nitrogen and oxygen atoms in total. The van der Waals surface area contributed by atoms with Crippen LogP contribution >= 0.6 is 0 Å².